The maximum absolute atomic E-state index is 5.16. The van der Waals surface area contributed by atoms with Crippen LogP contribution in [-0.4, -0.2) is 58.6 Å². The smallest absolute Gasteiger partial charge is 0.257 e. The number of hydrogen-bond acceptors (Lipinski definition) is 7. The number of aromatic nitrogens is 5. The monoisotopic (exact) mass is 277 g/mol. The minimum atomic E-state index is 0.151. The van der Waals surface area contributed by atoms with Gasteiger partial charge in [-0.1, -0.05) is 0 Å². The number of likely N-dealkylation sites (N-methyl/N-ethyl adjacent to an activating group) is 1. The normalized spacial score (nSPS) is 12.2. The molecule has 108 valence electrons. The second kappa shape index (κ2) is 6.29. The molecule has 2 heterocycles. The van der Waals surface area contributed by atoms with Crippen molar-refractivity contribution in [3.63, 3.8) is 0 Å². The summed E-state index contributed by atoms with van der Waals surface area (Å²) in [4.78, 5) is 15.0. The molecule has 2 aromatic heterocycles. The molecule has 8 nitrogen and oxygen atoms in total. The number of anilines is 2. The molecule has 1 unspecified atom stereocenters. The lowest BCUT2D eigenvalue weighted by atomic mass is 10.3. The number of nitrogens with zero attached hydrogens (tertiary/aromatic N) is 6. The van der Waals surface area contributed by atoms with Gasteiger partial charge in [0.05, 0.1) is 12.6 Å². The summed E-state index contributed by atoms with van der Waals surface area (Å²) in [6.07, 6.45) is 3.47. The fourth-order valence-corrected chi connectivity index (χ4v) is 1.66. The van der Waals surface area contributed by atoms with Gasteiger partial charge in [-0.15, -0.1) is 0 Å². The van der Waals surface area contributed by atoms with Crippen LogP contribution in [0.25, 0.3) is 5.95 Å². The van der Waals surface area contributed by atoms with Gasteiger partial charge in [-0.05, 0) is 13.0 Å². The van der Waals surface area contributed by atoms with Crippen molar-refractivity contribution in [3.8, 4) is 5.95 Å². The van der Waals surface area contributed by atoms with Crippen LogP contribution in [0.4, 0.5) is 11.9 Å². The van der Waals surface area contributed by atoms with E-state index < -0.39 is 0 Å². The van der Waals surface area contributed by atoms with Gasteiger partial charge in [0, 0.05) is 33.6 Å². The predicted octanol–water partition coefficient (Wildman–Crippen LogP) is 0.570. The van der Waals surface area contributed by atoms with Gasteiger partial charge in [-0.3, -0.25) is 0 Å². The fourth-order valence-electron chi connectivity index (χ4n) is 1.66. The van der Waals surface area contributed by atoms with Gasteiger partial charge in [0.2, 0.25) is 11.9 Å². The van der Waals surface area contributed by atoms with Gasteiger partial charge in [0.1, 0.15) is 0 Å². The molecule has 0 aliphatic heterocycles. The Bertz CT molecular complexity index is 543. The zero-order chi connectivity index (χ0) is 14.5. The lowest BCUT2D eigenvalue weighted by molar-refractivity contribution is 0.183. The van der Waals surface area contributed by atoms with E-state index in [-0.39, 0.29) is 6.04 Å². The third-order valence-corrected chi connectivity index (χ3v) is 2.93. The number of nitrogens with one attached hydrogen (secondary N) is 1. The molecule has 1 N–H and O–H groups in total. The quantitative estimate of drug-likeness (QED) is 0.826. The van der Waals surface area contributed by atoms with E-state index in [4.69, 9.17) is 4.74 Å². The van der Waals surface area contributed by atoms with Crippen LogP contribution in [-0.2, 0) is 4.74 Å². The molecule has 0 saturated heterocycles. The Hall–Kier alpha value is -2.22. The molecule has 1 atom stereocenters. The lowest BCUT2D eigenvalue weighted by Gasteiger charge is -2.24. The summed E-state index contributed by atoms with van der Waals surface area (Å²) in [5.41, 5.74) is 0. The number of hydrogen-bond donors (Lipinski definition) is 1. The summed E-state index contributed by atoms with van der Waals surface area (Å²) in [7, 11) is 5.36. The second-order valence-electron chi connectivity index (χ2n) is 4.37. The van der Waals surface area contributed by atoms with Crippen molar-refractivity contribution in [2.45, 2.75) is 13.0 Å². The van der Waals surface area contributed by atoms with E-state index in [0.29, 0.717) is 24.5 Å². The zero-order valence-corrected chi connectivity index (χ0v) is 12.1. The molecule has 8 heteroatoms. The standard InChI is InChI=1S/C12H19N7O/c1-9(8-20-4)18(3)11-15-10(13-2)16-12(17-11)19-7-5-6-14-19/h5-7,9H,8H2,1-4H3,(H,13,15,16,17). The molecule has 0 amide bonds. The summed E-state index contributed by atoms with van der Waals surface area (Å²) < 4.78 is 6.76. The first kappa shape index (κ1) is 14.2. The van der Waals surface area contributed by atoms with Crippen LogP contribution in [0.2, 0.25) is 0 Å². The van der Waals surface area contributed by atoms with Crippen molar-refractivity contribution in [1.29, 1.82) is 0 Å². The fraction of sp³-hybridized carbons (Fsp3) is 0.500. The molecule has 0 fully saturated rings. The average molecular weight is 277 g/mol. The van der Waals surface area contributed by atoms with Crippen LogP contribution in [0.3, 0.4) is 0 Å². The maximum Gasteiger partial charge on any atom is 0.257 e. The first-order valence-electron chi connectivity index (χ1n) is 6.31. The largest absolute Gasteiger partial charge is 0.383 e. The van der Waals surface area contributed by atoms with E-state index in [2.05, 4.69) is 25.4 Å². The molecule has 0 bridgehead atoms. The average Bonchev–Trinajstić information content (AvgIpc) is 3.00. The topological polar surface area (TPSA) is 81.0 Å². The molecule has 2 aromatic rings. The number of ether oxygens (including phenoxy) is 1. The molecule has 0 aliphatic carbocycles. The van der Waals surface area contributed by atoms with Crippen molar-refractivity contribution in [3.05, 3.63) is 18.5 Å². The highest BCUT2D eigenvalue weighted by Crippen LogP contribution is 2.13. The van der Waals surface area contributed by atoms with E-state index in [0.717, 1.165) is 0 Å². The molecule has 0 spiro atoms. The van der Waals surface area contributed by atoms with Crippen molar-refractivity contribution >= 4 is 11.9 Å². The number of rotatable bonds is 6. The summed E-state index contributed by atoms with van der Waals surface area (Å²) in [5, 5.41) is 7.07. The van der Waals surface area contributed by atoms with E-state index in [9.17, 15) is 0 Å². The summed E-state index contributed by atoms with van der Waals surface area (Å²) in [5.74, 6) is 1.54. The highest BCUT2D eigenvalue weighted by Gasteiger charge is 2.15. The van der Waals surface area contributed by atoms with Gasteiger partial charge in [-0.25, -0.2) is 4.68 Å². The predicted molar refractivity (Wildman–Crippen MR) is 76.2 cm³/mol. The highest BCUT2D eigenvalue weighted by atomic mass is 16.5. The Morgan fingerprint density at radius 3 is 2.80 bits per heavy atom. The molecule has 0 aliphatic rings. The number of methoxy groups -OCH3 is 1. The van der Waals surface area contributed by atoms with E-state index in [1.807, 2.05) is 24.9 Å². The molecule has 0 radical (unpaired) electrons. The SMILES string of the molecule is CNc1nc(N(C)C(C)COC)nc(-n2cccn2)n1. The lowest BCUT2D eigenvalue weighted by Crippen LogP contribution is -2.34. The van der Waals surface area contributed by atoms with Crippen LogP contribution in [0.15, 0.2) is 18.5 Å². The molecular formula is C12H19N7O. The third kappa shape index (κ3) is 3.02. The Morgan fingerprint density at radius 1 is 1.40 bits per heavy atom. The Morgan fingerprint density at radius 2 is 2.20 bits per heavy atom. The van der Waals surface area contributed by atoms with Crippen LogP contribution >= 0.6 is 0 Å². The molecule has 20 heavy (non-hydrogen) atoms. The van der Waals surface area contributed by atoms with Crippen molar-refractivity contribution in [2.75, 3.05) is 38.0 Å². The molecule has 0 aromatic carbocycles. The molecular weight excluding hydrogens is 258 g/mol. The second-order valence-corrected chi connectivity index (χ2v) is 4.37. The summed E-state index contributed by atoms with van der Waals surface area (Å²) in [6.45, 7) is 2.63. The van der Waals surface area contributed by atoms with E-state index in [1.54, 1.807) is 31.2 Å². The first-order valence-corrected chi connectivity index (χ1v) is 6.31. The van der Waals surface area contributed by atoms with Crippen LogP contribution in [0, 0.1) is 0 Å². The van der Waals surface area contributed by atoms with E-state index >= 15 is 0 Å². The third-order valence-electron chi connectivity index (χ3n) is 2.93. The Balaban J connectivity index is 2.35. The minimum absolute atomic E-state index is 0.151. The summed E-state index contributed by atoms with van der Waals surface area (Å²) >= 11 is 0. The van der Waals surface area contributed by atoms with Crippen molar-refractivity contribution in [1.82, 2.24) is 24.7 Å². The zero-order valence-electron chi connectivity index (χ0n) is 12.1. The minimum Gasteiger partial charge on any atom is -0.383 e. The van der Waals surface area contributed by atoms with Crippen LogP contribution in [0.5, 0.6) is 0 Å². The summed E-state index contributed by atoms with van der Waals surface area (Å²) in [6, 6.07) is 1.97. The molecule has 2 rings (SSSR count). The molecule has 0 saturated carbocycles. The van der Waals surface area contributed by atoms with Gasteiger partial charge in [0.15, 0.2) is 0 Å². The van der Waals surface area contributed by atoms with Gasteiger partial charge >= 0.3 is 0 Å². The Labute approximate surface area is 117 Å². The maximum atomic E-state index is 5.16. The Kier molecular flexibility index (Phi) is 4.46. The van der Waals surface area contributed by atoms with Crippen LogP contribution < -0.4 is 10.2 Å². The van der Waals surface area contributed by atoms with Crippen LogP contribution in [0.1, 0.15) is 6.92 Å². The van der Waals surface area contributed by atoms with Gasteiger partial charge < -0.3 is 15.0 Å². The van der Waals surface area contributed by atoms with E-state index in [1.165, 1.54) is 0 Å². The van der Waals surface area contributed by atoms with Gasteiger partial charge in [-0.2, -0.15) is 20.1 Å². The van der Waals surface area contributed by atoms with Gasteiger partial charge in [0.25, 0.3) is 5.95 Å². The van der Waals surface area contributed by atoms with Crippen molar-refractivity contribution < 1.29 is 4.74 Å². The van der Waals surface area contributed by atoms with Crippen molar-refractivity contribution in [2.24, 2.45) is 0 Å². The first-order chi connectivity index (χ1) is 9.65. The highest BCUT2D eigenvalue weighted by molar-refractivity contribution is 5.39.